The molecule has 0 aliphatic carbocycles. The Labute approximate surface area is 171 Å². The smallest absolute Gasteiger partial charge is 0.407 e. The molecule has 1 aromatic carbocycles. The Morgan fingerprint density at radius 1 is 1.38 bits per heavy atom. The lowest BCUT2D eigenvalue weighted by molar-refractivity contribution is 0.0525. The van der Waals surface area contributed by atoms with Crippen LogP contribution < -0.4 is 5.32 Å². The van der Waals surface area contributed by atoms with Crippen LogP contribution in [-0.2, 0) is 4.74 Å². The molecule has 1 aromatic heterocycles. The van der Waals surface area contributed by atoms with E-state index in [9.17, 15) is 23.9 Å². The number of likely N-dealkylation sites (tertiary alicyclic amines) is 1. The van der Waals surface area contributed by atoms with Gasteiger partial charge in [0.15, 0.2) is 0 Å². The minimum Gasteiger partial charge on any atom is -0.465 e. The summed E-state index contributed by atoms with van der Waals surface area (Å²) in [6.45, 7) is 2.57. The number of carbonyl (C=O) groups excluding carboxylic acids is 2. The van der Waals surface area contributed by atoms with Crippen molar-refractivity contribution in [2.24, 2.45) is 0 Å². The van der Waals surface area contributed by atoms with Gasteiger partial charge in [-0.3, -0.25) is 4.79 Å². The molecule has 154 valence electrons. The SMILES string of the molecule is CCOC(=O)c1c(C2CCCN(C(=O)O)C2)csc1NC(=O)c1cccc(F)c1. The van der Waals surface area contributed by atoms with Gasteiger partial charge in [0.05, 0.1) is 12.2 Å². The number of halogens is 1. The van der Waals surface area contributed by atoms with Gasteiger partial charge < -0.3 is 20.1 Å². The fourth-order valence-corrected chi connectivity index (χ4v) is 4.41. The molecular formula is C20H21FN2O5S. The number of carbonyl (C=O) groups is 3. The normalized spacial score (nSPS) is 16.3. The second-order valence-corrected chi connectivity index (χ2v) is 7.53. The van der Waals surface area contributed by atoms with E-state index >= 15 is 0 Å². The number of amides is 2. The van der Waals surface area contributed by atoms with Crippen LogP contribution in [0.1, 0.15) is 52.0 Å². The molecule has 2 N–H and O–H groups in total. The number of nitrogens with one attached hydrogen (secondary N) is 1. The number of thiophene rings is 1. The minimum absolute atomic E-state index is 0.129. The summed E-state index contributed by atoms with van der Waals surface area (Å²) < 4.78 is 18.6. The maximum absolute atomic E-state index is 13.4. The van der Waals surface area contributed by atoms with Crippen LogP contribution in [0, 0.1) is 5.82 Å². The lowest BCUT2D eigenvalue weighted by atomic mass is 9.90. The molecule has 1 unspecified atom stereocenters. The molecule has 9 heteroatoms. The van der Waals surface area contributed by atoms with E-state index in [-0.39, 0.29) is 30.2 Å². The molecule has 2 amide bonds. The van der Waals surface area contributed by atoms with Gasteiger partial charge in [-0.05, 0) is 48.9 Å². The molecule has 2 heterocycles. The van der Waals surface area contributed by atoms with Gasteiger partial charge in [-0.25, -0.2) is 14.0 Å². The predicted octanol–water partition coefficient (Wildman–Crippen LogP) is 4.17. The number of hydrogen-bond donors (Lipinski definition) is 2. The molecule has 0 bridgehead atoms. The van der Waals surface area contributed by atoms with Crippen molar-refractivity contribution in [3.63, 3.8) is 0 Å². The van der Waals surface area contributed by atoms with Crippen LogP contribution in [0.2, 0.25) is 0 Å². The van der Waals surface area contributed by atoms with E-state index in [0.29, 0.717) is 23.5 Å². The Bertz CT molecular complexity index is 929. The molecule has 1 saturated heterocycles. The van der Waals surface area contributed by atoms with Crippen molar-refractivity contribution in [3.8, 4) is 0 Å². The zero-order valence-electron chi connectivity index (χ0n) is 15.8. The van der Waals surface area contributed by atoms with Crippen LogP contribution in [-0.4, -0.2) is 47.7 Å². The van der Waals surface area contributed by atoms with E-state index in [1.54, 1.807) is 12.3 Å². The Balaban J connectivity index is 1.90. The first-order valence-corrected chi connectivity index (χ1v) is 10.1. The molecule has 29 heavy (non-hydrogen) atoms. The summed E-state index contributed by atoms with van der Waals surface area (Å²) in [7, 11) is 0. The van der Waals surface area contributed by atoms with Gasteiger partial charge in [0.25, 0.3) is 5.91 Å². The van der Waals surface area contributed by atoms with Gasteiger partial charge in [-0.2, -0.15) is 0 Å². The average molecular weight is 420 g/mol. The number of rotatable bonds is 5. The summed E-state index contributed by atoms with van der Waals surface area (Å²) >= 11 is 1.17. The molecule has 7 nitrogen and oxygen atoms in total. The number of nitrogens with zero attached hydrogens (tertiary/aromatic N) is 1. The number of benzene rings is 1. The molecule has 0 spiro atoms. The fourth-order valence-electron chi connectivity index (χ4n) is 3.39. The lowest BCUT2D eigenvalue weighted by Gasteiger charge is -2.30. The Hall–Kier alpha value is -2.94. The van der Waals surface area contributed by atoms with Crippen molar-refractivity contribution in [1.29, 1.82) is 0 Å². The number of anilines is 1. The summed E-state index contributed by atoms with van der Waals surface area (Å²) in [4.78, 5) is 37.8. The van der Waals surface area contributed by atoms with Gasteiger partial charge in [-0.15, -0.1) is 11.3 Å². The highest BCUT2D eigenvalue weighted by atomic mass is 32.1. The largest absolute Gasteiger partial charge is 0.465 e. The molecule has 3 rings (SSSR count). The lowest BCUT2D eigenvalue weighted by Crippen LogP contribution is -2.38. The number of carboxylic acid groups (broad SMARTS) is 1. The van der Waals surface area contributed by atoms with Crippen molar-refractivity contribution in [2.45, 2.75) is 25.7 Å². The van der Waals surface area contributed by atoms with E-state index < -0.39 is 23.8 Å². The van der Waals surface area contributed by atoms with E-state index in [2.05, 4.69) is 5.32 Å². The van der Waals surface area contributed by atoms with Crippen molar-refractivity contribution < 1.29 is 28.6 Å². The first-order valence-electron chi connectivity index (χ1n) is 9.24. The monoisotopic (exact) mass is 420 g/mol. The molecular weight excluding hydrogens is 399 g/mol. The maximum atomic E-state index is 13.4. The minimum atomic E-state index is -0.998. The highest BCUT2D eigenvalue weighted by molar-refractivity contribution is 7.15. The van der Waals surface area contributed by atoms with Crippen molar-refractivity contribution in [1.82, 2.24) is 4.90 Å². The Kier molecular flexibility index (Phi) is 6.48. The quantitative estimate of drug-likeness (QED) is 0.708. The van der Waals surface area contributed by atoms with Crippen LogP contribution in [0.5, 0.6) is 0 Å². The molecule has 1 atom stereocenters. The first-order chi connectivity index (χ1) is 13.9. The van der Waals surface area contributed by atoms with Crippen molar-refractivity contribution >= 4 is 34.3 Å². The second-order valence-electron chi connectivity index (χ2n) is 6.65. The molecule has 1 aliphatic heterocycles. The predicted molar refractivity (Wildman–Crippen MR) is 106 cm³/mol. The van der Waals surface area contributed by atoms with Crippen molar-refractivity contribution in [3.05, 3.63) is 52.2 Å². The highest BCUT2D eigenvalue weighted by Gasteiger charge is 2.31. The van der Waals surface area contributed by atoms with Gasteiger partial charge >= 0.3 is 12.1 Å². The topological polar surface area (TPSA) is 95.9 Å². The third-order valence-electron chi connectivity index (χ3n) is 4.74. The number of esters is 1. The van der Waals surface area contributed by atoms with Gasteiger partial charge in [-0.1, -0.05) is 6.07 Å². The van der Waals surface area contributed by atoms with Gasteiger partial charge in [0, 0.05) is 24.6 Å². The zero-order chi connectivity index (χ0) is 21.0. The summed E-state index contributed by atoms with van der Waals surface area (Å²) in [5.74, 6) is -1.83. The molecule has 0 saturated carbocycles. The number of piperidine rings is 1. The molecule has 2 aromatic rings. The Morgan fingerprint density at radius 2 is 2.17 bits per heavy atom. The average Bonchev–Trinajstić information content (AvgIpc) is 3.12. The summed E-state index contributed by atoms with van der Waals surface area (Å²) in [6, 6.07) is 5.25. The van der Waals surface area contributed by atoms with E-state index in [1.807, 2.05) is 0 Å². The molecule has 0 radical (unpaired) electrons. The van der Waals surface area contributed by atoms with Crippen LogP contribution in [0.4, 0.5) is 14.2 Å². The van der Waals surface area contributed by atoms with E-state index in [0.717, 1.165) is 12.5 Å². The Morgan fingerprint density at radius 3 is 2.86 bits per heavy atom. The number of hydrogen-bond acceptors (Lipinski definition) is 5. The summed E-state index contributed by atoms with van der Waals surface area (Å²) in [6.07, 6.45) is 0.409. The van der Waals surface area contributed by atoms with E-state index in [1.165, 1.54) is 34.4 Å². The molecule has 1 aliphatic rings. The highest BCUT2D eigenvalue weighted by Crippen LogP contribution is 2.38. The second kappa shape index (κ2) is 9.04. The molecule has 1 fully saturated rings. The third-order valence-corrected chi connectivity index (χ3v) is 5.66. The maximum Gasteiger partial charge on any atom is 0.407 e. The van der Waals surface area contributed by atoms with Gasteiger partial charge in [0.1, 0.15) is 10.8 Å². The third kappa shape index (κ3) is 4.73. The van der Waals surface area contributed by atoms with Crippen LogP contribution in [0.15, 0.2) is 29.6 Å². The van der Waals surface area contributed by atoms with Crippen LogP contribution in [0.3, 0.4) is 0 Å². The van der Waals surface area contributed by atoms with Crippen molar-refractivity contribution in [2.75, 3.05) is 25.0 Å². The van der Waals surface area contributed by atoms with Crippen LogP contribution >= 0.6 is 11.3 Å². The fraction of sp³-hybridized carbons (Fsp3) is 0.350. The summed E-state index contributed by atoms with van der Waals surface area (Å²) in [5, 5.41) is 14.0. The van der Waals surface area contributed by atoms with Crippen LogP contribution in [0.25, 0.3) is 0 Å². The van der Waals surface area contributed by atoms with Gasteiger partial charge in [0.2, 0.25) is 0 Å². The zero-order valence-corrected chi connectivity index (χ0v) is 16.6. The summed E-state index contributed by atoms with van der Waals surface area (Å²) in [5.41, 5.74) is 1.03. The van der Waals surface area contributed by atoms with E-state index in [4.69, 9.17) is 4.74 Å². The first kappa shape index (κ1) is 20.8. The standard InChI is InChI=1S/C20H21FN2O5S/c1-2-28-19(25)16-15(13-6-4-8-23(10-13)20(26)27)11-29-18(16)22-17(24)12-5-3-7-14(21)9-12/h3,5,7,9,11,13H,2,4,6,8,10H2,1H3,(H,22,24)(H,26,27). The number of ether oxygens (including phenoxy) is 1.